The molecule has 1 heterocycles. The number of hydrogen-bond acceptors (Lipinski definition) is 2. The first-order chi connectivity index (χ1) is 9.88. The predicted octanol–water partition coefficient (Wildman–Crippen LogP) is 2.96. The Hall–Kier alpha value is -1.27. The number of nitrogens with one attached hydrogen (secondary N) is 2. The van der Waals surface area contributed by atoms with E-state index in [2.05, 4.69) is 10.6 Å². The molecule has 2 N–H and O–H groups in total. The first-order valence-electron chi connectivity index (χ1n) is 7.01. The van der Waals surface area contributed by atoms with E-state index in [1.54, 1.807) is 13.0 Å². The average molecular weight is 337 g/mol. The molecule has 0 aromatic heterocycles. The second kappa shape index (κ2) is 7.83. The van der Waals surface area contributed by atoms with Gasteiger partial charge in [-0.05, 0) is 17.5 Å². The van der Waals surface area contributed by atoms with E-state index in [4.69, 9.17) is 0 Å². The monoisotopic (exact) mass is 336 g/mol. The van der Waals surface area contributed by atoms with E-state index in [0.717, 1.165) is 19.2 Å². The molecular formula is C15H20ClF3N2O. The zero-order chi connectivity index (χ0) is 15.5. The topological polar surface area (TPSA) is 41.1 Å². The van der Waals surface area contributed by atoms with E-state index >= 15 is 0 Å². The summed E-state index contributed by atoms with van der Waals surface area (Å²) >= 11 is 0. The molecule has 124 valence electrons. The Morgan fingerprint density at radius 3 is 2.55 bits per heavy atom. The van der Waals surface area contributed by atoms with Gasteiger partial charge in [0.1, 0.15) is 0 Å². The number of carbonyl (C=O) groups is 1. The summed E-state index contributed by atoms with van der Waals surface area (Å²) in [6, 6.07) is 5.43. The highest BCUT2D eigenvalue weighted by molar-refractivity contribution is 5.85. The molecule has 1 saturated heterocycles. The number of benzene rings is 1. The van der Waals surface area contributed by atoms with Crippen molar-refractivity contribution in [2.45, 2.75) is 25.4 Å². The van der Waals surface area contributed by atoms with Crippen molar-refractivity contribution in [1.82, 2.24) is 10.6 Å². The van der Waals surface area contributed by atoms with Gasteiger partial charge in [0.05, 0.1) is 5.56 Å². The van der Waals surface area contributed by atoms with Crippen LogP contribution in [-0.2, 0) is 11.0 Å². The molecule has 1 unspecified atom stereocenters. The molecule has 1 aliphatic rings. The largest absolute Gasteiger partial charge is 0.416 e. The van der Waals surface area contributed by atoms with Gasteiger partial charge in [0.25, 0.3) is 0 Å². The van der Waals surface area contributed by atoms with E-state index in [-0.39, 0.29) is 30.3 Å². The normalized spacial score (nSPS) is 16.4. The lowest BCUT2D eigenvalue weighted by Crippen LogP contribution is -2.48. The second-order valence-corrected chi connectivity index (χ2v) is 5.52. The first-order valence-corrected chi connectivity index (χ1v) is 7.01. The van der Waals surface area contributed by atoms with E-state index in [1.807, 2.05) is 0 Å². The summed E-state index contributed by atoms with van der Waals surface area (Å²) in [6.45, 7) is 3.99. The van der Waals surface area contributed by atoms with E-state index < -0.39 is 17.7 Å². The SMILES string of the molecule is CC(CC(=O)NCC1CNC1)c1ccccc1C(F)(F)F.Cl. The number of hydrogen-bond donors (Lipinski definition) is 2. The van der Waals surface area contributed by atoms with Crippen LogP contribution in [0, 0.1) is 5.92 Å². The molecule has 0 aliphatic carbocycles. The van der Waals surface area contributed by atoms with Crippen molar-refractivity contribution in [1.29, 1.82) is 0 Å². The second-order valence-electron chi connectivity index (χ2n) is 5.52. The maximum Gasteiger partial charge on any atom is 0.416 e. The van der Waals surface area contributed by atoms with Crippen LogP contribution in [0.15, 0.2) is 24.3 Å². The summed E-state index contributed by atoms with van der Waals surface area (Å²) in [7, 11) is 0. The number of alkyl halides is 3. The Bertz CT molecular complexity index is 504. The molecule has 3 nitrogen and oxygen atoms in total. The third-order valence-electron chi connectivity index (χ3n) is 3.74. The Morgan fingerprint density at radius 2 is 2.00 bits per heavy atom. The van der Waals surface area contributed by atoms with Gasteiger partial charge in [-0.25, -0.2) is 0 Å². The predicted molar refractivity (Wildman–Crippen MR) is 81.1 cm³/mol. The molecule has 2 rings (SSSR count). The lowest BCUT2D eigenvalue weighted by molar-refractivity contribution is -0.138. The maximum absolute atomic E-state index is 12.9. The molecule has 7 heteroatoms. The fourth-order valence-electron chi connectivity index (χ4n) is 2.40. The van der Waals surface area contributed by atoms with Gasteiger partial charge < -0.3 is 10.6 Å². The highest BCUT2D eigenvalue weighted by atomic mass is 35.5. The molecule has 1 fully saturated rings. The van der Waals surface area contributed by atoms with Crippen molar-refractivity contribution < 1.29 is 18.0 Å². The van der Waals surface area contributed by atoms with Crippen molar-refractivity contribution in [2.24, 2.45) is 5.92 Å². The summed E-state index contributed by atoms with van der Waals surface area (Å²) in [5.74, 6) is -0.236. The molecule has 1 aliphatic heterocycles. The average Bonchev–Trinajstić information content (AvgIpc) is 2.35. The van der Waals surface area contributed by atoms with Gasteiger partial charge in [-0.3, -0.25) is 4.79 Å². The number of amides is 1. The van der Waals surface area contributed by atoms with Crippen molar-refractivity contribution >= 4 is 18.3 Å². The molecule has 1 aromatic rings. The van der Waals surface area contributed by atoms with Crippen LogP contribution in [0.1, 0.15) is 30.4 Å². The number of rotatable bonds is 5. The van der Waals surface area contributed by atoms with Gasteiger partial charge in [0.2, 0.25) is 5.91 Å². The van der Waals surface area contributed by atoms with Gasteiger partial charge in [0.15, 0.2) is 0 Å². The molecule has 22 heavy (non-hydrogen) atoms. The van der Waals surface area contributed by atoms with Crippen LogP contribution in [0.5, 0.6) is 0 Å². The molecule has 0 saturated carbocycles. The van der Waals surface area contributed by atoms with Crippen LogP contribution in [0.2, 0.25) is 0 Å². The third-order valence-corrected chi connectivity index (χ3v) is 3.74. The number of carbonyl (C=O) groups excluding carboxylic acids is 1. The summed E-state index contributed by atoms with van der Waals surface area (Å²) in [5.41, 5.74) is -0.487. The van der Waals surface area contributed by atoms with Crippen LogP contribution in [0.25, 0.3) is 0 Å². The van der Waals surface area contributed by atoms with Gasteiger partial charge >= 0.3 is 6.18 Å². The van der Waals surface area contributed by atoms with Crippen LogP contribution in [0.3, 0.4) is 0 Å². The molecular weight excluding hydrogens is 317 g/mol. The van der Waals surface area contributed by atoms with Crippen molar-refractivity contribution in [3.05, 3.63) is 35.4 Å². The van der Waals surface area contributed by atoms with Crippen LogP contribution in [-0.4, -0.2) is 25.5 Å². The minimum absolute atomic E-state index is 0. The Kier molecular flexibility index (Phi) is 6.68. The van der Waals surface area contributed by atoms with Gasteiger partial charge in [-0.15, -0.1) is 12.4 Å². The fourth-order valence-corrected chi connectivity index (χ4v) is 2.40. The lowest BCUT2D eigenvalue weighted by atomic mass is 9.92. The molecule has 1 aromatic carbocycles. The van der Waals surface area contributed by atoms with Gasteiger partial charge in [-0.1, -0.05) is 25.1 Å². The van der Waals surface area contributed by atoms with Crippen LogP contribution >= 0.6 is 12.4 Å². The summed E-state index contributed by atoms with van der Waals surface area (Å²) in [6.07, 6.45) is -4.33. The third kappa shape index (κ3) is 4.88. The van der Waals surface area contributed by atoms with Crippen molar-refractivity contribution in [2.75, 3.05) is 19.6 Å². The van der Waals surface area contributed by atoms with Crippen LogP contribution in [0.4, 0.5) is 13.2 Å². The Balaban J connectivity index is 0.00000242. The summed E-state index contributed by atoms with van der Waals surface area (Å²) in [5, 5.41) is 5.88. The highest BCUT2D eigenvalue weighted by Gasteiger charge is 2.34. The zero-order valence-corrected chi connectivity index (χ0v) is 13.1. The van der Waals surface area contributed by atoms with Crippen LogP contribution < -0.4 is 10.6 Å². The minimum Gasteiger partial charge on any atom is -0.356 e. The molecule has 0 radical (unpaired) electrons. The first kappa shape index (κ1) is 18.8. The van der Waals surface area contributed by atoms with E-state index in [9.17, 15) is 18.0 Å². The molecule has 1 atom stereocenters. The van der Waals surface area contributed by atoms with Crippen molar-refractivity contribution in [3.63, 3.8) is 0 Å². The molecule has 1 amide bonds. The highest BCUT2D eigenvalue weighted by Crippen LogP contribution is 2.35. The summed E-state index contributed by atoms with van der Waals surface area (Å²) < 4.78 is 38.8. The summed E-state index contributed by atoms with van der Waals surface area (Å²) in [4.78, 5) is 11.8. The Morgan fingerprint density at radius 1 is 1.36 bits per heavy atom. The fraction of sp³-hybridized carbons (Fsp3) is 0.533. The smallest absolute Gasteiger partial charge is 0.356 e. The van der Waals surface area contributed by atoms with Crippen molar-refractivity contribution in [3.8, 4) is 0 Å². The van der Waals surface area contributed by atoms with E-state index in [0.29, 0.717) is 12.5 Å². The quantitative estimate of drug-likeness (QED) is 0.868. The van der Waals surface area contributed by atoms with Gasteiger partial charge in [-0.2, -0.15) is 13.2 Å². The van der Waals surface area contributed by atoms with E-state index in [1.165, 1.54) is 12.1 Å². The zero-order valence-electron chi connectivity index (χ0n) is 12.2. The van der Waals surface area contributed by atoms with Gasteiger partial charge in [0, 0.05) is 32.0 Å². The number of halogens is 4. The standard InChI is InChI=1S/C15H19F3N2O.ClH/c1-10(6-14(21)20-9-11-7-19-8-11)12-4-2-3-5-13(12)15(16,17)18;/h2-5,10-11,19H,6-9H2,1H3,(H,20,21);1H. The maximum atomic E-state index is 12.9. The lowest BCUT2D eigenvalue weighted by Gasteiger charge is -2.27. The molecule has 0 spiro atoms. The Labute approximate surface area is 134 Å². The molecule has 0 bridgehead atoms. The minimum atomic E-state index is -4.39.